The summed E-state index contributed by atoms with van der Waals surface area (Å²) in [6, 6.07) is 6.19. The van der Waals surface area contributed by atoms with Crippen LogP contribution >= 0.6 is 0 Å². The highest BCUT2D eigenvalue weighted by molar-refractivity contribution is 5.52. The molecule has 2 heterocycles. The molecule has 18 heavy (non-hydrogen) atoms. The minimum atomic E-state index is 0.919. The molecule has 5 nitrogen and oxygen atoms in total. The van der Waals surface area contributed by atoms with Crippen LogP contribution < -0.4 is 5.73 Å². The lowest BCUT2D eigenvalue weighted by Gasteiger charge is -2.14. The van der Waals surface area contributed by atoms with Crippen LogP contribution in [0.5, 0.6) is 0 Å². The zero-order valence-electron chi connectivity index (χ0n) is 10.3. The first kappa shape index (κ1) is 11.2. The van der Waals surface area contributed by atoms with E-state index in [1.807, 2.05) is 23.0 Å². The van der Waals surface area contributed by atoms with Gasteiger partial charge in [-0.25, -0.2) is 0 Å². The lowest BCUT2D eigenvalue weighted by molar-refractivity contribution is 0.272. The number of nitrogens with zero attached hydrogens (tertiary/aromatic N) is 4. The Kier molecular flexibility index (Phi) is 2.98. The fraction of sp³-hybridized carbons (Fsp3) is 0.385. The monoisotopic (exact) mass is 243 g/mol. The molecule has 1 aromatic heterocycles. The van der Waals surface area contributed by atoms with Gasteiger partial charge in [0.25, 0.3) is 0 Å². The number of fused-ring (bicyclic) bond motifs is 1. The Morgan fingerprint density at radius 2 is 2.17 bits per heavy atom. The molecule has 0 saturated heterocycles. The molecule has 0 unspecified atom stereocenters. The number of nitrogens with two attached hydrogens (primary N) is 1. The van der Waals surface area contributed by atoms with E-state index < -0.39 is 0 Å². The molecule has 2 aromatic rings. The highest BCUT2D eigenvalue weighted by Crippen LogP contribution is 2.27. The quantitative estimate of drug-likeness (QED) is 0.821. The summed E-state index contributed by atoms with van der Waals surface area (Å²) in [6.45, 7) is 3.97. The second-order valence-corrected chi connectivity index (χ2v) is 4.72. The number of anilines is 1. The summed E-state index contributed by atoms with van der Waals surface area (Å²) in [4.78, 5) is 2.43. The van der Waals surface area contributed by atoms with Gasteiger partial charge in [-0.2, -0.15) is 0 Å². The van der Waals surface area contributed by atoms with Crippen LogP contribution in [0.3, 0.4) is 0 Å². The molecular formula is C13H17N5. The maximum absolute atomic E-state index is 5.99. The van der Waals surface area contributed by atoms with Crippen molar-refractivity contribution < 1.29 is 0 Å². The standard InChI is InChI=1S/C13H17N5/c14-13-4-1-3-11-9-17(10-12(11)13)6-2-7-18-8-5-15-16-18/h1,3-5,8H,2,6-7,9-10,14H2. The van der Waals surface area contributed by atoms with Crippen LogP contribution in [-0.4, -0.2) is 26.4 Å². The van der Waals surface area contributed by atoms with Crippen molar-refractivity contribution in [2.24, 2.45) is 0 Å². The highest BCUT2D eigenvalue weighted by Gasteiger charge is 2.19. The molecule has 94 valence electrons. The molecule has 0 fully saturated rings. The summed E-state index contributed by atoms with van der Waals surface area (Å²) in [5, 5.41) is 7.76. The first-order valence-electron chi connectivity index (χ1n) is 6.25. The number of hydrogen-bond donors (Lipinski definition) is 1. The molecule has 1 aliphatic rings. The first-order chi connectivity index (χ1) is 8.83. The van der Waals surface area contributed by atoms with Gasteiger partial charge in [0.2, 0.25) is 0 Å². The van der Waals surface area contributed by atoms with Gasteiger partial charge in [0.1, 0.15) is 0 Å². The minimum Gasteiger partial charge on any atom is -0.398 e. The number of aryl methyl sites for hydroxylation is 1. The molecule has 0 radical (unpaired) electrons. The van der Waals surface area contributed by atoms with Gasteiger partial charge in [-0.05, 0) is 23.6 Å². The molecule has 1 aromatic carbocycles. The summed E-state index contributed by atoms with van der Waals surface area (Å²) < 4.78 is 1.87. The van der Waals surface area contributed by atoms with E-state index in [4.69, 9.17) is 5.73 Å². The number of benzene rings is 1. The number of hydrogen-bond acceptors (Lipinski definition) is 4. The van der Waals surface area contributed by atoms with Crippen LogP contribution in [0.4, 0.5) is 5.69 Å². The minimum absolute atomic E-state index is 0.919. The Labute approximate surface area is 106 Å². The van der Waals surface area contributed by atoms with Gasteiger partial charge in [-0.1, -0.05) is 17.3 Å². The number of rotatable bonds is 4. The summed E-state index contributed by atoms with van der Waals surface area (Å²) in [5.74, 6) is 0. The SMILES string of the molecule is Nc1cccc2c1CN(CCCn1ccnn1)C2. The van der Waals surface area contributed by atoms with Crippen molar-refractivity contribution in [3.05, 3.63) is 41.7 Å². The molecule has 0 amide bonds. The molecule has 5 heteroatoms. The molecule has 0 bridgehead atoms. The average molecular weight is 243 g/mol. The van der Waals surface area contributed by atoms with Crippen molar-refractivity contribution in [1.29, 1.82) is 0 Å². The molecule has 3 rings (SSSR count). The van der Waals surface area contributed by atoms with Crippen molar-refractivity contribution in [2.45, 2.75) is 26.1 Å². The topological polar surface area (TPSA) is 60.0 Å². The van der Waals surface area contributed by atoms with E-state index in [0.29, 0.717) is 0 Å². The summed E-state index contributed by atoms with van der Waals surface area (Å²) >= 11 is 0. The molecule has 2 N–H and O–H groups in total. The highest BCUT2D eigenvalue weighted by atomic mass is 15.4. The van der Waals surface area contributed by atoms with Crippen molar-refractivity contribution in [3.8, 4) is 0 Å². The van der Waals surface area contributed by atoms with E-state index in [2.05, 4.69) is 21.3 Å². The second-order valence-electron chi connectivity index (χ2n) is 4.72. The van der Waals surface area contributed by atoms with Gasteiger partial charge in [0, 0.05) is 38.1 Å². The van der Waals surface area contributed by atoms with Crippen LogP contribution in [0, 0.1) is 0 Å². The van der Waals surface area contributed by atoms with Crippen LogP contribution in [0.1, 0.15) is 17.5 Å². The van der Waals surface area contributed by atoms with E-state index >= 15 is 0 Å². The fourth-order valence-corrected chi connectivity index (χ4v) is 2.48. The maximum atomic E-state index is 5.99. The second kappa shape index (κ2) is 4.78. The Bertz CT molecular complexity index is 520. The largest absolute Gasteiger partial charge is 0.398 e. The van der Waals surface area contributed by atoms with Crippen molar-refractivity contribution >= 4 is 5.69 Å². The van der Waals surface area contributed by atoms with Gasteiger partial charge in [-0.15, -0.1) is 5.10 Å². The average Bonchev–Trinajstić information content (AvgIpc) is 2.98. The van der Waals surface area contributed by atoms with Crippen LogP contribution in [-0.2, 0) is 19.6 Å². The van der Waals surface area contributed by atoms with E-state index in [9.17, 15) is 0 Å². The molecule has 0 aliphatic carbocycles. The van der Waals surface area contributed by atoms with Gasteiger partial charge < -0.3 is 5.73 Å². The Hall–Kier alpha value is -1.88. The number of nitrogen functional groups attached to an aromatic ring is 1. The van der Waals surface area contributed by atoms with E-state index in [1.165, 1.54) is 11.1 Å². The van der Waals surface area contributed by atoms with E-state index in [1.54, 1.807) is 6.20 Å². The fourth-order valence-electron chi connectivity index (χ4n) is 2.48. The van der Waals surface area contributed by atoms with Gasteiger partial charge in [0.05, 0.1) is 6.20 Å². The third kappa shape index (κ3) is 2.22. The normalized spacial score (nSPS) is 14.9. The first-order valence-corrected chi connectivity index (χ1v) is 6.25. The smallest absolute Gasteiger partial charge is 0.0692 e. The summed E-state index contributed by atoms with van der Waals surface area (Å²) in [5.41, 5.74) is 9.59. The predicted octanol–water partition coefficient (Wildman–Crippen LogP) is 1.27. The van der Waals surface area contributed by atoms with Crippen LogP contribution in [0.2, 0.25) is 0 Å². The zero-order valence-corrected chi connectivity index (χ0v) is 10.3. The Morgan fingerprint density at radius 3 is 2.94 bits per heavy atom. The molecule has 0 atom stereocenters. The van der Waals surface area contributed by atoms with Crippen LogP contribution in [0.15, 0.2) is 30.6 Å². The Balaban J connectivity index is 1.53. The third-order valence-corrected chi connectivity index (χ3v) is 3.42. The molecular weight excluding hydrogens is 226 g/mol. The van der Waals surface area contributed by atoms with Gasteiger partial charge in [-0.3, -0.25) is 9.58 Å². The number of aromatic nitrogens is 3. The molecule has 0 spiro atoms. The molecule has 0 saturated carbocycles. The third-order valence-electron chi connectivity index (χ3n) is 3.42. The van der Waals surface area contributed by atoms with Crippen molar-refractivity contribution in [1.82, 2.24) is 19.9 Å². The van der Waals surface area contributed by atoms with Crippen LogP contribution in [0.25, 0.3) is 0 Å². The maximum Gasteiger partial charge on any atom is 0.0692 e. The van der Waals surface area contributed by atoms with E-state index in [-0.39, 0.29) is 0 Å². The molecule has 1 aliphatic heterocycles. The van der Waals surface area contributed by atoms with Gasteiger partial charge >= 0.3 is 0 Å². The lowest BCUT2D eigenvalue weighted by Crippen LogP contribution is -2.19. The predicted molar refractivity (Wildman–Crippen MR) is 69.6 cm³/mol. The van der Waals surface area contributed by atoms with Crippen molar-refractivity contribution in [2.75, 3.05) is 12.3 Å². The lowest BCUT2D eigenvalue weighted by atomic mass is 10.1. The summed E-state index contributed by atoms with van der Waals surface area (Å²) in [7, 11) is 0. The zero-order chi connectivity index (χ0) is 12.4. The van der Waals surface area contributed by atoms with Crippen molar-refractivity contribution in [3.63, 3.8) is 0 Å². The van der Waals surface area contributed by atoms with Gasteiger partial charge in [0.15, 0.2) is 0 Å². The Morgan fingerprint density at radius 1 is 1.22 bits per heavy atom. The van der Waals surface area contributed by atoms with E-state index in [0.717, 1.165) is 38.3 Å². The summed E-state index contributed by atoms with van der Waals surface area (Å²) in [6.07, 6.45) is 4.69.